The van der Waals surface area contributed by atoms with Gasteiger partial charge < -0.3 is 20.7 Å². The van der Waals surface area contributed by atoms with Gasteiger partial charge in [-0.2, -0.15) is 0 Å². The fourth-order valence-corrected chi connectivity index (χ4v) is 5.04. The summed E-state index contributed by atoms with van der Waals surface area (Å²) >= 11 is 2.88. The molecule has 0 radical (unpaired) electrons. The molecule has 2 fully saturated rings. The lowest BCUT2D eigenvalue weighted by atomic mass is 10.1. The van der Waals surface area contributed by atoms with E-state index in [2.05, 4.69) is 20.9 Å². The minimum absolute atomic E-state index is 0.0209. The third-order valence-corrected chi connectivity index (χ3v) is 6.77. The maximum absolute atomic E-state index is 12.2. The number of thioether (sulfide) groups is 1. The average molecular weight is 421 g/mol. The van der Waals surface area contributed by atoms with Gasteiger partial charge in [-0.05, 0) is 24.6 Å². The zero-order valence-corrected chi connectivity index (χ0v) is 16.7. The number of carbonyl (C=O) groups excluding carboxylic acids is 3. The van der Waals surface area contributed by atoms with E-state index in [-0.39, 0.29) is 36.1 Å². The van der Waals surface area contributed by atoms with Crippen LogP contribution in [0.2, 0.25) is 0 Å². The van der Waals surface area contributed by atoms with Crippen molar-refractivity contribution in [3.05, 3.63) is 18.2 Å². The third kappa shape index (κ3) is 4.62. The molecule has 1 aromatic carbocycles. The first-order valence-corrected chi connectivity index (χ1v) is 10.8. The van der Waals surface area contributed by atoms with Gasteiger partial charge in [0.2, 0.25) is 17.7 Å². The maximum Gasteiger partial charge on any atom is 0.230 e. The molecule has 148 valence electrons. The van der Waals surface area contributed by atoms with Crippen molar-refractivity contribution in [3.63, 3.8) is 0 Å². The number of rotatable bonds is 6. The summed E-state index contributed by atoms with van der Waals surface area (Å²) in [5.41, 5.74) is 1.50. The summed E-state index contributed by atoms with van der Waals surface area (Å²) in [4.78, 5) is 40.1. The summed E-state index contributed by atoms with van der Waals surface area (Å²) in [5, 5.41) is 8.49. The van der Waals surface area contributed by atoms with Crippen molar-refractivity contribution < 1.29 is 19.1 Å². The molecule has 0 aliphatic carbocycles. The number of anilines is 1. The van der Waals surface area contributed by atoms with Gasteiger partial charge in [0, 0.05) is 25.3 Å². The molecular weight excluding hydrogens is 400 g/mol. The highest BCUT2D eigenvalue weighted by Gasteiger charge is 2.28. The molecule has 0 spiro atoms. The Labute approximate surface area is 169 Å². The van der Waals surface area contributed by atoms with Crippen LogP contribution in [0.1, 0.15) is 12.8 Å². The smallest absolute Gasteiger partial charge is 0.230 e. The van der Waals surface area contributed by atoms with Gasteiger partial charge in [0.1, 0.15) is 0 Å². The number of hydrogen-bond donors (Lipinski definition) is 3. The van der Waals surface area contributed by atoms with Crippen molar-refractivity contribution in [1.29, 1.82) is 0 Å². The van der Waals surface area contributed by atoms with Crippen LogP contribution in [0.3, 0.4) is 0 Å². The molecule has 3 amide bonds. The highest BCUT2D eigenvalue weighted by atomic mass is 32.2. The molecule has 0 bridgehead atoms. The summed E-state index contributed by atoms with van der Waals surface area (Å²) < 4.78 is 7.00. The molecule has 28 heavy (non-hydrogen) atoms. The lowest BCUT2D eigenvalue weighted by molar-refractivity contribution is -0.123. The average Bonchev–Trinajstić information content (AvgIpc) is 3.40. The highest BCUT2D eigenvalue weighted by Crippen LogP contribution is 2.31. The van der Waals surface area contributed by atoms with E-state index in [4.69, 9.17) is 4.74 Å². The minimum atomic E-state index is -0.334. The van der Waals surface area contributed by atoms with Crippen molar-refractivity contribution in [2.45, 2.75) is 23.2 Å². The first-order chi connectivity index (χ1) is 13.6. The Morgan fingerprint density at radius 1 is 1.39 bits per heavy atom. The number of thiazole rings is 1. The van der Waals surface area contributed by atoms with E-state index < -0.39 is 0 Å². The number of nitrogens with zero attached hydrogens (tertiary/aromatic N) is 1. The Bertz CT molecular complexity index is 910. The fourth-order valence-electron chi connectivity index (χ4n) is 3.12. The van der Waals surface area contributed by atoms with E-state index in [0.717, 1.165) is 21.0 Å². The van der Waals surface area contributed by atoms with Crippen LogP contribution in [0.15, 0.2) is 22.5 Å². The predicted octanol–water partition coefficient (Wildman–Crippen LogP) is 1.37. The molecule has 3 N–H and O–H groups in total. The van der Waals surface area contributed by atoms with Crippen molar-refractivity contribution in [2.75, 3.05) is 30.8 Å². The molecule has 10 heteroatoms. The van der Waals surface area contributed by atoms with Crippen LogP contribution in [0.25, 0.3) is 10.2 Å². The van der Waals surface area contributed by atoms with Crippen molar-refractivity contribution in [2.24, 2.45) is 5.92 Å². The number of nitrogens with one attached hydrogen (secondary N) is 3. The molecule has 2 saturated heterocycles. The van der Waals surface area contributed by atoms with Gasteiger partial charge in [0.05, 0.1) is 34.5 Å². The van der Waals surface area contributed by atoms with Crippen LogP contribution in [0.5, 0.6) is 0 Å². The standard InChI is InChI=1S/C18H20N4O4S2/c23-15-5-10(7-19-15)17(25)21-11-1-2-13-14(6-11)28-18(22-13)27-9-16(24)20-12-3-4-26-8-12/h1-2,6,10,12H,3-5,7-9H2,(H,19,23)(H,20,24)(H,21,25)/t10-,12-/m1/s1. The van der Waals surface area contributed by atoms with E-state index in [0.29, 0.717) is 31.2 Å². The van der Waals surface area contributed by atoms with Gasteiger partial charge in [0.15, 0.2) is 4.34 Å². The Kier molecular flexibility index (Phi) is 5.79. The molecule has 4 rings (SSSR count). The van der Waals surface area contributed by atoms with Crippen LogP contribution in [0.4, 0.5) is 5.69 Å². The molecule has 1 aromatic heterocycles. The molecule has 2 aliphatic heterocycles. The van der Waals surface area contributed by atoms with Gasteiger partial charge in [-0.3, -0.25) is 14.4 Å². The monoisotopic (exact) mass is 420 g/mol. The van der Waals surface area contributed by atoms with Gasteiger partial charge in [-0.1, -0.05) is 11.8 Å². The second-order valence-corrected chi connectivity index (χ2v) is 9.03. The van der Waals surface area contributed by atoms with E-state index in [1.807, 2.05) is 12.1 Å². The number of fused-ring (bicyclic) bond motifs is 1. The Hall–Kier alpha value is -2.17. The Morgan fingerprint density at radius 3 is 3.04 bits per heavy atom. The zero-order valence-electron chi connectivity index (χ0n) is 15.0. The number of aromatic nitrogens is 1. The van der Waals surface area contributed by atoms with Crippen LogP contribution in [0, 0.1) is 5.92 Å². The Morgan fingerprint density at radius 2 is 2.29 bits per heavy atom. The molecule has 0 saturated carbocycles. The van der Waals surface area contributed by atoms with E-state index in [1.54, 1.807) is 6.07 Å². The summed E-state index contributed by atoms with van der Waals surface area (Å²) in [6.07, 6.45) is 1.08. The lowest BCUT2D eigenvalue weighted by Crippen LogP contribution is -2.36. The van der Waals surface area contributed by atoms with E-state index >= 15 is 0 Å². The summed E-state index contributed by atoms with van der Waals surface area (Å²) in [6, 6.07) is 5.62. The van der Waals surface area contributed by atoms with Gasteiger partial charge in [-0.15, -0.1) is 11.3 Å². The zero-order chi connectivity index (χ0) is 19.5. The molecule has 2 aliphatic rings. The molecule has 8 nitrogen and oxygen atoms in total. The van der Waals surface area contributed by atoms with Crippen molar-refractivity contribution in [1.82, 2.24) is 15.6 Å². The largest absolute Gasteiger partial charge is 0.379 e. The fraction of sp³-hybridized carbons (Fsp3) is 0.444. The Balaban J connectivity index is 1.34. The second-order valence-electron chi connectivity index (χ2n) is 6.77. The van der Waals surface area contributed by atoms with Crippen LogP contribution in [-0.2, 0) is 19.1 Å². The summed E-state index contributed by atoms with van der Waals surface area (Å²) in [5.74, 6) is -0.302. The first-order valence-electron chi connectivity index (χ1n) is 9.05. The molecule has 2 aromatic rings. The number of hydrogen-bond acceptors (Lipinski definition) is 7. The molecule has 0 unspecified atom stereocenters. The normalized spacial score (nSPS) is 21.6. The molecule has 2 atom stereocenters. The third-order valence-electron chi connectivity index (χ3n) is 4.61. The summed E-state index contributed by atoms with van der Waals surface area (Å²) in [7, 11) is 0. The minimum Gasteiger partial charge on any atom is -0.379 e. The number of benzene rings is 1. The van der Waals surface area contributed by atoms with Gasteiger partial charge in [-0.25, -0.2) is 4.98 Å². The van der Waals surface area contributed by atoms with Gasteiger partial charge in [0.25, 0.3) is 0 Å². The van der Waals surface area contributed by atoms with E-state index in [9.17, 15) is 14.4 Å². The van der Waals surface area contributed by atoms with Crippen LogP contribution >= 0.6 is 23.1 Å². The quantitative estimate of drug-likeness (QED) is 0.609. The topological polar surface area (TPSA) is 109 Å². The van der Waals surface area contributed by atoms with Crippen molar-refractivity contribution in [3.8, 4) is 0 Å². The van der Waals surface area contributed by atoms with Crippen molar-refractivity contribution >= 4 is 56.7 Å². The second kappa shape index (κ2) is 8.46. The SMILES string of the molecule is O=C1C[C@@H](C(=O)Nc2ccc3nc(SCC(=O)N[C@@H]4CCOC4)sc3c2)CN1. The number of ether oxygens (including phenoxy) is 1. The summed E-state index contributed by atoms with van der Waals surface area (Å²) in [6.45, 7) is 1.66. The van der Waals surface area contributed by atoms with Crippen LogP contribution < -0.4 is 16.0 Å². The predicted molar refractivity (Wildman–Crippen MR) is 107 cm³/mol. The lowest BCUT2D eigenvalue weighted by Gasteiger charge is -2.09. The van der Waals surface area contributed by atoms with Gasteiger partial charge >= 0.3 is 0 Å². The number of amides is 3. The number of carbonyl (C=O) groups is 3. The van der Waals surface area contributed by atoms with Crippen LogP contribution in [-0.4, -0.2) is 54.3 Å². The molecular formula is C18H20N4O4S2. The first kappa shape index (κ1) is 19.2. The van der Waals surface area contributed by atoms with E-state index in [1.165, 1.54) is 23.1 Å². The highest BCUT2D eigenvalue weighted by molar-refractivity contribution is 8.01. The maximum atomic E-state index is 12.2. The molecule has 3 heterocycles.